The molecule has 3 heteroatoms. The van der Waals surface area contributed by atoms with Gasteiger partial charge in [0.15, 0.2) is 0 Å². The summed E-state index contributed by atoms with van der Waals surface area (Å²) in [7, 11) is 0. The molecule has 4 rings (SSSR count). The summed E-state index contributed by atoms with van der Waals surface area (Å²) >= 11 is 0. The fraction of sp³-hybridized carbons (Fsp3) is 0.438. The minimum Gasteiger partial charge on any atom is -0.481 e. The van der Waals surface area contributed by atoms with Crippen LogP contribution in [0.5, 0.6) is 0 Å². The van der Waals surface area contributed by atoms with Crippen LogP contribution in [0.15, 0.2) is 18.2 Å². The first-order valence-electron chi connectivity index (χ1n) is 7.08. The number of aryl methyl sites for hydroxylation is 2. The maximum Gasteiger partial charge on any atom is 0.314 e. The Balaban J connectivity index is 1.89. The van der Waals surface area contributed by atoms with Gasteiger partial charge in [-0.2, -0.15) is 0 Å². The van der Waals surface area contributed by atoms with Crippen molar-refractivity contribution >= 4 is 16.9 Å². The van der Waals surface area contributed by atoms with E-state index in [2.05, 4.69) is 17.1 Å². The van der Waals surface area contributed by atoms with Crippen molar-refractivity contribution in [1.82, 2.24) is 4.98 Å². The van der Waals surface area contributed by atoms with E-state index >= 15 is 0 Å². The first kappa shape index (κ1) is 11.1. The molecule has 1 fully saturated rings. The fourth-order valence-electron chi connectivity index (χ4n) is 3.45. The lowest BCUT2D eigenvalue weighted by atomic mass is 9.91. The number of carboxylic acid groups (broad SMARTS) is 1. The Kier molecular flexibility index (Phi) is 2.12. The third kappa shape index (κ3) is 1.47. The van der Waals surface area contributed by atoms with Crippen molar-refractivity contribution in [3.8, 4) is 0 Å². The van der Waals surface area contributed by atoms with Gasteiger partial charge in [-0.15, -0.1) is 0 Å². The zero-order valence-electron chi connectivity index (χ0n) is 10.8. The largest absolute Gasteiger partial charge is 0.481 e. The third-order valence-corrected chi connectivity index (χ3v) is 4.81. The van der Waals surface area contributed by atoms with Crippen LogP contribution in [0.25, 0.3) is 10.9 Å². The number of carboxylic acids is 1. The molecule has 1 aromatic carbocycles. The standard InChI is InChI=1S/C16H17NO2/c18-15(19)16(7-8-16)10-5-6-14-12(9-10)11-3-1-2-4-13(11)17-14/h5-6,9,17H,1-4,7-8H2,(H,18,19). The summed E-state index contributed by atoms with van der Waals surface area (Å²) < 4.78 is 0. The van der Waals surface area contributed by atoms with Gasteiger partial charge in [0.25, 0.3) is 0 Å². The lowest BCUT2D eigenvalue weighted by Crippen LogP contribution is -2.19. The molecule has 0 radical (unpaired) electrons. The molecule has 19 heavy (non-hydrogen) atoms. The van der Waals surface area contributed by atoms with Gasteiger partial charge in [0, 0.05) is 16.6 Å². The van der Waals surface area contributed by atoms with E-state index in [-0.39, 0.29) is 0 Å². The molecule has 0 saturated heterocycles. The monoisotopic (exact) mass is 255 g/mol. The van der Waals surface area contributed by atoms with E-state index in [1.807, 2.05) is 6.07 Å². The molecule has 0 spiro atoms. The molecule has 1 aromatic heterocycles. The zero-order chi connectivity index (χ0) is 13.0. The number of benzene rings is 1. The van der Waals surface area contributed by atoms with Crippen molar-refractivity contribution in [1.29, 1.82) is 0 Å². The fourth-order valence-corrected chi connectivity index (χ4v) is 3.45. The Bertz CT molecular complexity index is 679. The highest BCUT2D eigenvalue weighted by Crippen LogP contribution is 2.49. The molecular formula is C16H17NO2. The summed E-state index contributed by atoms with van der Waals surface area (Å²) in [6.07, 6.45) is 6.31. The highest BCUT2D eigenvalue weighted by atomic mass is 16.4. The summed E-state index contributed by atoms with van der Waals surface area (Å²) in [6.45, 7) is 0. The van der Waals surface area contributed by atoms with Crippen LogP contribution in [-0.4, -0.2) is 16.1 Å². The summed E-state index contributed by atoms with van der Waals surface area (Å²) in [5.74, 6) is -0.670. The number of hydrogen-bond donors (Lipinski definition) is 2. The van der Waals surface area contributed by atoms with Crippen LogP contribution in [0.3, 0.4) is 0 Å². The van der Waals surface area contributed by atoms with Gasteiger partial charge in [0.05, 0.1) is 5.41 Å². The van der Waals surface area contributed by atoms with Gasteiger partial charge in [-0.1, -0.05) is 6.07 Å². The summed E-state index contributed by atoms with van der Waals surface area (Å²) in [5, 5.41) is 10.7. The number of nitrogens with one attached hydrogen (secondary N) is 1. The van der Waals surface area contributed by atoms with Crippen LogP contribution in [-0.2, 0) is 23.1 Å². The molecule has 98 valence electrons. The molecule has 0 amide bonds. The molecule has 1 saturated carbocycles. The van der Waals surface area contributed by atoms with E-state index in [0.29, 0.717) is 0 Å². The van der Waals surface area contributed by atoms with Crippen molar-refractivity contribution in [3.63, 3.8) is 0 Å². The predicted octanol–water partition coefficient (Wildman–Crippen LogP) is 3.16. The SMILES string of the molecule is O=C(O)C1(c2ccc3[nH]c4c(c3c2)CCCC4)CC1. The van der Waals surface area contributed by atoms with Crippen molar-refractivity contribution in [2.75, 3.05) is 0 Å². The van der Waals surface area contributed by atoms with Crippen LogP contribution >= 0.6 is 0 Å². The van der Waals surface area contributed by atoms with Gasteiger partial charge < -0.3 is 10.1 Å². The molecule has 2 aliphatic carbocycles. The lowest BCUT2D eigenvalue weighted by molar-refractivity contribution is -0.140. The first-order chi connectivity index (χ1) is 9.21. The Labute approximate surface area is 111 Å². The van der Waals surface area contributed by atoms with Gasteiger partial charge in [-0.05, 0) is 61.8 Å². The molecular weight excluding hydrogens is 238 g/mol. The van der Waals surface area contributed by atoms with Gasteiger partial charge in [0.2, 0.25) is 0 Å². The average molecular weight is 255 g/mol. The Hall–Kier alpha value is -1.77. The number of fused-ring (bicyclic) bond motifs is 3. The van der Waals surface area contributed by atoms with E-state index in [1.54, 1.807) is 0 Å². The van der Waals surface area contributed by atoms with Crippen molar-refractivity contribution in [3.05, 3.63) is 35.0 Å². The smallest absolute Gasteiger partial charge is 0.314 e. The maximum atomic E-state index is 11.4. The number of hydrogen-bond acceptors (Lipinski definition) is 1. The van der Waals surface area contributed by atoms with Crippen LogP contribution in [0.1, 0.15) is 42.5 Å². The second-order valence-corrected chi connectivity index (χ2v) is 5.94. The Morgan fingerprint density at radius 2 is 2.00 bits per heavy atom. The quantitative estimate of drug-likeness (QED) is 0.866. The van der Waals surface area contributed by atoms with Crippen molar-refractivity contribution in [2.24, 2.45) is 0 Å². The van der Waals surface area contributed by atoms with E-state index in [0.717, 1.165) is 36.8 Å². The minimum atomic E-state index is -0.670. The normalized spacial score (nSPS) is 20.2. The second kappa shape index (κ2) is 3.62. The summed E-state index contributed by atoms with van der Waals surface area (Å²) in [6, 6.07) is 6.18. The number of aromatic nitrogens is 1. The van der Waals surface area contributed by atoms with E-state index in [9.17, 15) is 9.90 Å². The molecule has 0 atom stereocenters. The van der Waals surface area contributed by atoms with Crippen LogP contribution in [0.2, 0.25) is 0 Å². The van der Waals surface area contributed by atoms with Crippen molar-refractivity contribution in [2.45, 2.75) is 43.9 Å². The molecule has 1 heterocycles. The van der Waals surface area contributed by atoms with Gasteiger partial charge in [-0.3, -0.25) is 4.79 Å². The second-order valence-electron chi connectivity index (χ2n) is 5.94. The molecule has 2 aliphatic rings. The zero-order valence-corrected chi connectivity index (χ0v) is 10.8. The van der Waals surface area contributed by atoms with E-state index < -0.39 is 11.4 Å². The molecule has 2 N–H and O–H groups in total. The number of carbonyl (C=O) groups is 1. The van der Waals surface area contributed by atoms with Crippen LogP contribution < -0.4 is 0 Å². The Morgan fingerprint density at radius 1 is 1.21 bits per heavy atom. The van der Waals surface area contributed by atoms with Gasteiger partial charge in [0.1, 0.15) is 0 Å². The third-order valence-electron chi connectivity index (χ3n) is 4.81. The molecule has 0 aliphatic heterocycles. The summed E-state index contributed by atoms with van der Waals surface area (Å²) in [4.78, 5) is 14.9. The number of aromatic amines is 1. The number of H-pyrrole nitrogens is 1. The van der Waals surface area contributed by atoms with Crippen LogP contribution in [0, 0.1) is 0 Å². The molecule has 2 aromatic rings. The highest BCUT2D eigenvalue weighted by Gasteiger charge is 2.51. The molecule has 0 unspecified atom stereocenters. The first-order valence-corrected chi connectivity index (χ1v) is 7.08. The number of aliphatic carboxylic acids is 1. The maximum absolute atomic E-state index is 11.4. The topological polar surface area (TPSA) is 53.1 Å². The molecule has 0 bridgehead atoms. The predicted molar refractivity (Wildman–Crippen MR) is 73.5 cm³/mol. The summed E-state index contributed by atoms with van der Waals surface area (Å²) in [5.41, 5.74) is 4.34. The van der Waals surface area contributed by atoms with Crippen LogP contribution in [0.4, 0.5) is 0 Å². The van der Waals surface area contributed by atoms with E-state index in [4.69, 9.17) is 0 Å². The number of rotatable bonds is 2. The minimum absolute atomic E-state index is 0.590. The molecule has 3 nitrogen and oxygen atoms in total. The van der Waals surface area contributed by atoms with E-state index in [1.165, 1.54) is 29.5 Å². The Morgan fingerprint density at radius 3 is 2.74 bits per heavy atom. The highest BCUT2D eigenvalue weighted by molar-refractivity contribution is 5.90. The average Bonchev–Trinajstić information content (AvgIpc) is 3.15. The van der Waals surface area contributed by atoms with Gasteiger partial charge >= 0.3 is 5.97 Å². The van der Waals surface area contributed by atoms with Crippen molar-refractivity contribution < 1.29 is 9.90 Å². The van der Waals surface area contributed by atoms with Gasteiger partial charge in [-0.25, -0.2) is 0 Å². The lowest BCUT2D eigenvalue weighted by Gasteiger charge is -2.12.